The van der Waals surface area contributed by atoms with Gasteiger partial charge >= 0.3 is 12.4 Å². The molecule has 10 nitrogen and oxygen atoms in total. The summed E-state index contributed by atoms with van der Waals surface area (Å²) in [5.74, 6) is 0.402. The third kappa shape index (κ3) is 15.0. The van der Waals surface area contributed by atoms with Gasteiger partial charge in [-0.3, -0.25) is 9.59 Å². The molecule has 8 rings (SSSR count). The lowest BCUT2D eigenvalue weighted by atomic mass is 9.83. The summed E-state index contributed by atoms with van der Waals surface area (Å²) in [5.41, 5.74) is 1.25. The Morgan fingerprint density at radius 3 is 1.21 bits per heavy atom. The molecule has 0 saturated carbocycles. The van der Waals surface area contributed by atoms with Crippen molar-refractivity contribution in [3.63, 3.8) is 0 Å². The number of allylic oxidation sites excluding steroid dienone is 6. The van der Waals surface area contributed by atoms with E-state index >= 15 is 0 Å². The van der Waals surface area contributed by atoms with E-state index in [2.05, 4.69) is 75.4 Å². The maximum absolute atomic E-state index is 14.6. The van der Waals surface area contributed by atoms with Crippen LogP contribution in [0.15, 0.2) is 154 Å². The number of nitrogens with zero attached hydrogens (tertiary/aromatic N) is 6. The van der Waals surface area contributed by atoms with Crippen LogP contribution >= 0.6 is 0 Å². The second kappa shape index (κ2) is 28.6. The largest absolute Gasteiger partial charge is 0.494 e. The van der Waals surface area contributed by atoms with Crippen molar-refractivity contribution >= 4 is 46.0 Å². The molecule has 4 aliphatic heterocycles. The molecule has 0 radical (unpaired) electrons. The molecule has 2 amide bonds. The van der Waals surface area contributed by atoms with Crippen molar-refractivity contribution in [1.82, 2.24) is 0 Å². The lowest BCUT2D eigenvalue weighted by Crippen LogP contribution is -2.31. The summed E-state index contributed by atoms with van der Waals surface area (Å²) >= 11 is 0. The molecular weight excluding hydrogens is 1100 g/mol. The molecule has 4 aromatic rings. The molecule has 4 aromatic carbocycles. The highest BCUT2D eigenvalue weighted by atomic mass is 19.4. The number of alkyl halides is 6. The number of carbonyl (C=O) groups is 2. The number of para-hydroxylation sites is 2. The lowest BCUT2D eigenvalue weighted by Gasteiger charge is -2.30. The van der Waals surface area contributed by atoms with Crippen molar-refractivity contribution in [3.8, 4) is 11.5 Å². The monoisotopic (exact) mass is 1190 g/mol. The minimum atomic E-state index is -4.85. The Labute approximate surface area is 505 Å². The smallest absolute Gasteiger partial charge is 0.435 e. The maximum atomic E-state index is 14.6. The summed E-state index contributed by atoms with van der Waals surface area (Å²) in [6.45, 7) is 19.3. The van der Waals surface area contributed by atoms with Crippen molar-refractivity contribution < 1.29 is 45.4 Å². The average Bonchev–Trinajstić information content (AvgIpc) is 1.81. The fraction of sp³-hybridized carbons (Fsp3) is 0.486. The average molecular weight is 1190 g/mol. The maximum Gasteiger partial charge on any atom is 0.435 e. The minimum absolute atomic E-state index is 0.251. The number of hydrogen-bond donors (Lipinski definition) is 0. The van der Waals surface area contributed by atoms with Crippen LogP contribution in [0.2, 0.25) is 0 Å². The molecule has 86 heavy (non-hydrogen) atoms. The second-order valence-corrected chi connectivity index (χ2v) is 24.2. The molecule has 4 aliphatic rings. The zero-order valence-corrected chi connectivity index (χ0v) is 51.4. The van der Waals surface area contributed by atoms with E-state index in [1.54, 1.807) is 72.8 Å². The Balaban J connectivity index is 0.923. The van der Waals surface area contributed by atoms with Gasteiger partial charge < -0.3 is 19.3 Å². The van der Waals surface area contributed by atoms with Gasteiger partial charge in [-0.05, 0) is 146 Å². The molecule has 462 valence electrons. The van der Waals surface area contributed by atoms with Gasteiger partial charge in [-0.1, -0.05) is 156 Å². The molecular formula is C70H86F6N6O4. The molecule has 0 aliphatic carbocycles. The fourth-order valence-electron chi connectivity index (χ4n) is 12.3. The van der Waals surface area contributed by atoms with Crippen LogP contribution < -0.4 is 29.3 Å². The number of hydrogen-bond acceptors (Lipinski definition) is 8. The van der Waals surface area contributed by atoms with Gasteiger partial charge in [0.1, 0.15) is 11.5 Å². The second-order valence-electron chi connectivity index (χ2n) is 24.2. The first-order valence-electron chi connectivity index (χ1n) is 31.2. The predicted molar refractivity (Wildman–Crippen MR) is 335 cm³/mol. The Morgan fingerprint density at radius 2 is 0.860 bits per heavy atom. The van der Waals surface area contributed by atoms with E-state index in [0.717, 1.165) is 134 Å². The summed E-state index contributed by atoms with van der Waals surface area (Å²) in [4.78, 5) is 31.9. The molecule has 2 unspecified atom stereocenters. The van der Waals surface area contributed by atoms with E-state index in [4.69, 9.17) is 9.47 Å². The molecule has 16 heteroatoms. The van der Waals surface area contributed by atoms with Gasteiger partial charge in [0.15, 0.2) is 11.4 Å². The first kappa shape index (κ1) is 64.9. The zero-order valence-electron chi connectivity index (χ0n) is 51.4. The number of hydrazone groups is 2. The minimum Gasteiger partial charge on any atom is -0.494 e. The highest BCUT2D eigenvalue weighted by Crippen LogP contribution is 2.52. The van der Waals surface area contributed by atoms with Crippen LogP contribution in [0.1, 0.15) is 169 Å². The number of benzene rings is 4. The van der Waals surface area contributed by atoms with Gasteiger partial charge in [-0.25, -0.2) is 0 Å². The molecule has 0 spiro atoms. The summed E-state index contributed by atoms with van der Waals surface area (Å²) in [5, 5.41) is 9.23. The van der Waals surface area contributed by atoms with Crippen molar-refractivity contribution in [2.75, 3.05) is 46.1 Å². The van der Waals surface area contributed by atoms with E-state index in [-0.39, 0.29) is 11.4 Å². The van der Waals surface area contributed by atoms with Crippen molar-refractivity contribution in [2.24, 2.45) is 22.0 Å². The lowest BCUT2D eigenvalue weighted by molar-refractivity contribution is -0.115. The number of rotatable bonds is 29. The van der Waals surface area contributed by atoms with Gasteiger partial charge in [0.05, 0.1) is 35.7 Å². The number of carbonyl (C=O) groups excluding carboxylic acids is 2. The van der Waals surface area contributed by atoms with Crippen LogP contribution in [0.5, 0.6) is 11.5 Å². The van der Waals surface area contributed by atoms with Crippen LogP contribution in [-0.2, 0) is 20.4 Å². The first-order chi connectivity index (χ1) is 41.1. The summed E-state index contributed by atoms with van der Waals surface area (Å²) in [6, 6.07) is 28.4. The van der Waals surface area contributed by atoms with E-state index in [1.165, 1.54) is 25.0 Å². The number of ether oxygens (including phenoxy) is 2. The summed E-state index contributed by atoms with van der Waals surface area (Å²) in [7, 11) is 0. The zero-order chi connectivity index (χ0) is 61.8. The number of amides is 2. The predicted octanol–water partition coefficient (Wildman–Crippen LogP) is 18.4. The van der Waals surface area contributed by atoms with Gasteiger partial charge in [-0.2, -0.15) is 46.6 Å². The standard InChI is InChI=1S/C70H86F6N6O4/c1-9-13-15-21-29-49(11-3)47-79-59-39-35-53(45-57(59)67(5,6)61(79)41-37-55-63(69(71,72)73)77-81(65(55)83)51-31-23-19-24-32-51)85-43-27-17-18-28-44-86-54-36-40-60-58(46-54)68(7,8)62(80(60)48-50(12-4)30-22-16-14-10-2)42-38-56-64(70(74,75)76)78-82(66(56)84)52-33-25-20-26-34-52/h19-20,23-26,31-42,45-46,49-50H,9-18,21-22,27-30,43-44,47-48H2,1-8H3/b55-37-,56-38-,61-41+,62-42+. The third-order valence-electron chi connectivity index (χ3n) is 17.4. The van der Waals surface area contributed by atoms with Crippen LogP contribution in [0.4, 0.5) is 49.1 Å². The Bertz CT molecular complexity index is 2970. The van der Waals surface area contributed by atoms with Crippen molar-refractivity contribution in [1.29, 1.82) is 0 Å². The summed E-state index contributed by atoms with van der Waals surface area (Å²) in [6.07, 6.45) is 12.7. The SMILES string of the molecule is CCCCCCC(CC)CN1/C(=C/C=C2\C(=O)N(c3ccccc3)N=C2C(F)(F)F)C(C)(C)c2cc(OCCCCCCOc3ccc4c(c3)C(C)(C)/C(=C\C=C3/C(=O)N(c5ccccc5)N=C3C(F)(F)F)N4CC(CC)CCCCCC)ccc21. The van der Waals surface area contributed by atoms with E-state index in [9.17, 15) is 35.9 Å². The molecule has 0 saturated heterocycles. The van der Waals surface area contributed by atoms with Crippen LogP contribution in [0.25, 0.3) is 0 Å². The van der Waals surface area contributed by atoms with Gasteiger partial charge in [0.25, 0.3) is 11.8 Å². The van der Waals surface area contributed by atoms with E-state index < -0.39 is 57.6 Å². The quantitative estimate of drug-likeness (QED) is 0.0306. The van der Waals surface area contributed by atoms with E-state index in [0.29, 0.717) is 49.6 Å². The number of unbranched alkanes of at least 4 members (excludes halogenated alkanes) is 9. The van der Waals surface area contributed by atoms with Crippen LogP contribution in [0.3, 0.4) is 0 Å². The number of anilines is 4. The first-order valence-corrected chi connectivity index (χ1v) is 31.2. The van der Waals surface area contributed by atoms with Crippen molar-refractivity contribution in [2.45, 2.75) is 181 Å². The fourth-order valence-corrected chi connectivity index (χ4v) is 12.3. The summed E-state index contributed by atoms with van der Waals surface area (Å²) < 4.78 is 100. The highest BCUT2D eigenvalue weighted by Gasteiger charge is 2.49. The highest BCUT2D eigenvalue weighted by molar-refractivity contribution is 6.33. The normalized spacial score (nSPS) is 19.1. The topological polar surface area (TPSA) is 90.3 Å². The van der Waals surface area contributed by atoms with E-state index in [1.807, 2.05) is 36.4 Å². The Hall–Kier alpha value is -7.10. The Kier molecular flexibility index (Phi) is 21.6. The van der Waals surface area contributed by atoms with Crippen molar-refractivity contribution in [3.05, 3.63) is 155 Å². The molecule has 0 N–H and O–H groups in total. The molecule has 4 heterocycles. The van der Waals surface area contributed by atoms with Crippen LogP contribution in [0, 0.1) is 11.8 Å². The molecule has 2 atom stereocenters. The number of halogens is 6. The van der Waals surface area contributed by atoms with Gasteiger partial charge in [0.2, 0.25) is 0 Å². The molecule has 0 bridgehead atoms. The molecule has 0 fully saturated rings. The van der Waals surface area contributed by atoms with Gasteiger partial charge in [-0.15, -0.1) is 0 Å². The number of fused-ring (bicyclic) bond motifs is 2. The van der Waals surface area contributed by atoms with Crippen LogP contribution in [-0.4, -0.2) is 61.9 Å². The third-order valence-corrected chi connectivity index (χ3v) is 17.4. The molecule has 0 aromatic heterocycles. The Morgan fingerprint density at radius 1 is 0.488 bits per heavy atom. The van der Waals surface area contributed by atoms with Gasteiger partial charge in [0, 0.05) is 46.7 Å².